The number of nitrogens with zero attached hydrogens (tertiary/aromatic N) is 2. The van der Waals surface area contributed by atoms with Crippen LogP contribution < -0.4 is 5.32 Å². The van der Waals surface area contributed by atoms with Gasteiger partial charge in [-0.3, -0.25) is 9.48 Å². The van der Waals surface area contributed by atoms with E-state index < -0.39 is 0 Å². The number of carbonyl (C=O) groups is 1. The van der Waals surface area contributed by atoms with Crippen LogP contribution in [0.5, 0.6) is 0 Å². The molecule has 1 aromatic carbocycles. The van der Waals surface area contributed by atoms with E-state index in [-0.39, 0.29) is 11.9 Å². The Bertz CT molecular complexity index is 623. The maximum absolute atomic E-state index is 12.1. The van der Waals surface area contributed by atoms with E-state index in [2.05, 4.69) is 10.4 Å². The molecule has 0 fully saturated rings. The van der Waals surface area contributed by atoms with Crippen molar-refractivity contribution >= 4 is 17.5 Å². The average molecular weight is 290 g/mol. The molecule has 0 spiro atoms. The lowest BCUT2D eigenvalue weighted by Crippen LogP contribution is -2.40. The summed E-state index contributed by atoms with van der Waals surface area (Å²) in [5, 5.41) is 7.97. The van der Waals surface area contributed by atoms with Gasteiger partial charge in [0, 0.05) is 35.9 Å². The molecule has 0 saturated carbocycles. The minimum Gasteiger partial charge on any atom is -0.353 e. The molecule has 0 saturated heterocycles. The van der Waals surface area contributed by atoms with E-state index in [9.17, 15) is 4.79 Å². The Morgan fingerprint density at radius 1 is 1.40 bits per heavy atom. The highest BCUT2D eigenvalue weighted by Crippen LogP contribution is 2.17. The summed E-state index contributed by atoms with van der Waals surface area (Å²) in [4.78, 5) is 12.1. The van der Waals surface area contributed by atoms with Crippen LogP contribution in [0.3, 0.4) is 0 Å². The fourth-order valence-electron chi connectivity index (χ4n) is 2.58. The number of aromatic nitrogens is 2. The number of carbonyl (C=O) groups excluding carboxylic acids is 1. The first-order chi connectivity index (χ1) is 9.72. The molecule has 0 unspecified atom stereocenters. The summed E-state index contributed by atoms with van der Waals surface area (Å²) < 4.78 is 2.00. The molecule has 2 heterocycles. The van der Waals surface area contributed by atoms with Gasteiger partial charge in [0.25, 0.3) is 0 Å². The van der Waals surface area contributed by atoms with Gasteiger partial charge in [-0.2, -0.15) is 5.10 Å². The predicted octanol–water partition coefficient (Wildman–Crippen LogP) is 2.21. The van der Waals surface area contributed by atoms with Crippen molar-refractivity contribution in [3.63, 3.8) is 0 Å². The van der Waals surface area contributed by atoms with Crippen LogP contribution in [-0.2, 0) is 24.2 Å². The third-order valence-electron chi connectivity index (χ3n) is 3.62. The van der Waals surface area contributed by atoms with Gasteiger partial charge in [-0.1, -0.05) is 29.8 Å². The van der Waals surface area contributed by atoms with Gasteiger partial charge in [0.05, 0.1) is 6.42 Å². The molecular formula is C15H16ClN3O. The standard InChI is InChI=1S/C15H16ClN3O/c16-14-4-2-1-3-11(14)9-15(20)18-12-6-8-19-13(10-12)5-7-17-19/h1-5,7,12H,6,8-10H2,(H,18,20)/t12-/m1/s1. The van der Waals surface area contributed by atoms with Crippen LogP contribution in [-0.4, -0.2) is 21.7 Å². The van der Waals surface area contributed by atoms with Gasteiger partial charge in [-0.05, 0) is 24.1 Å². The van der Waals surface area contributed by atoms with Crippen LogP contribution in [0.2, 0.25) is 5.02 Å². The number of halogens is 1. The van der Waals surface area contributed by atoms with E-state index in [0.29, 0.717) is 11.4 Å². The zero-order valence-electron chi connectivity index (χ0n) is 11.1. The van der Waals surface area contributed by atoms with Crippen LogP contribution >= 0.6 is 11.6 Å². The van der Waals surface area contributed by atoms with Crippen molar-refractivity contribution in [3.05, 3.63) is 52.8 Å². The van der Waals surface area contributed by atoms with Crippen molar-refractivity contribution in [2.24, 2.45) is 0 Å². The summed E-state index contributed by atoms with van der Waals surface area (Å²) in [6.07, 6.45) is 3.90. The molecule has 1 amide bonds. The Kier molecular flexibility index (Phi) is 3.74. The van der Waals surface area contributed by atoms with E-state index in [1.807, 2.05) is 41.2 Å². The monoisotopic (exact) mass is 289 g/mol. The summed E-state index contributed by atoms with van der Waals surface area (Å²) in [5.74, 6) is 0.0241. The smallest absolute Gasteiger partial charge is 0.224 e. The molecule has 104 valence electrons. The van der Waals surface area contributed by atoms with Gasteiger partial charge in [0.15, 0.2) is 0 Å². The summed E-state index contributed by atoms with van der Waals surface area (Å²) in [7, 11) is 0. The van der Waals surface area contributed by atoms with Crippen LogP contribution in [0.15, 0.2) is 36.5 Å². The quantitative estimate of drug-likeness (QED) is 0.942. The predicted molar refractivity (Wildman–Crippen MR) is 77.6 cm³/mol. The topological polar surface area (TPSA) is 46.9 Å². The Hall–Kier alpha value is -1.81. The molecule has 2 aromatic rings. The molecule has 5 heteroatoms. The number of benzene rings is 1. The second kappa shape index (κ2) is 5.67. The molecule has 1 atom stereocenters. The highest BCUT2D eigenvalue weighted by molar-refractivity contribution is 6.31. The van der Waals surface area contributed by atoms with Crippen LogP contribution in [0.4, 0.5) is 0 Å². The third kappa shape index (κ3) is 2.85. The SMILES string of the molecule is O=C(Cc1ccccc1Cl)N[C@@H]1CCn2nccc2C1. The van der Waals surface area contributed by atoms with Gasteiger partial charge in [0.2, 0.25) is 5.91 Å². The first-order valence-electron chi connectivity index (χ1n) is 6.76. The van der Waals surface area contributed by atoms with Gasteiger partial charge < -0.3 is 5.32 Å². The van der Waals surface area contributed by atoms with Crippen molar-refractivity contribution in [2.45, 2.75) is 31.8 Å². The van der Waals surface area contributed by atoms with Crippen molar-refractivity contribution in [2.75, 3.05) is 0 Å². The molecule has 1 aliphatic rings. The normalized spacial score (nSPS) is 17.6. The van der Waals surface area contributed by atoms with Crippen LogP contribution in [0.1, 0.15) is 17.7 Å². The molecule has 0 bridgehead atoms. The lowest BCUT2D eigenvalue weighted by Gasteiger charge is -2.24. The zero-order chi connectivity index (χ0) is 13.9. The second-order valence-corrected chi connectivity index (χ2v) is 5.48. The Balaban J connectivity index is 1.59. The fraction of sp³-hybridized carbons (Fsp3) is 0.333. The van der Waals surface area contributed by atoms with E-state index in [4.69, 9.17) is 11.6 Å². The second-order valence-electron chi connectivity index (χ2n) is 5.07. The van der Waals surface area contributed by atoms with Gasteiger partial charge in [-0.15, -0.1) is 0 Å². The van der Waals surface area contributed by atoms with Gasteiger partial charge in [-0.25, -0.2) is 0 Å². The number of aryl methyl sites for hydroxylation is 1. The number of rotatable bonds is 3. The molecule has 1 N–H and O–H groups in total. The van der Waals surface area contributed by atoms with Crippen LogP contribution in [0.25, 0.3) is 0 Å². The largest absolute Gasteiger partial charge is 0.353 e. The Morgan fingerprint density at radius 2 is 2.25 bits per heavy atom. The highest BCUT2D eigenvalue weighted by Gasteiger charge is 2.20. The summed E-state index contributed by atoms with van der Waals surface area (Å²) >= 11 is 6.07. The number of hydrogen-bond donors (Lipinski definition) is 1. The number of amides is 1. The minimum absolute atomic E-state index is 0.0241. The minimum atomic E-state index is 0.0241. The average Bonchev–Trinajstić information content (AvgIpc) is 2.89. The Labute approximate surface area is 122 Å². The maximum atomic E-state index is 12.1. The summed E-state index contributed by atoms with van der Waals surface area (Å²) in [6.45, 7) is 0.860. The molecule has 4 nitrogen and oxygen atoms in total. The molecular weight excluding hydrogens is 274 g/mol. The summed E-state index contributed by atoms with van der Waals surface area (Å²) in [6, 6.07) is 9.65. The molecule has 1 aliphatic heterocycles. The van der Waals surface area contributed by atoms with E-state index in [1.54, 1.807) is 0 Å². The third-order valence-corrected chi connectivity index (χ3v) is 3.99. The van der Waals surface area contributed by atoms with E-state index in [1.165, 1.54) is 5.69 Å². The first kappa shape index (κ1) is 13.2. The maximum Gasteiger partial charge on any atom is 0.224 e. The first-order valence-corrected chi connectivity index (χ1v) is 7.13. The fourth-order valence-corrected chi connectivity index (χ4v) is 2.79. The lowest BCUT2D eigenvalue weighted by atomic mass is 10.0. The van der Waals surface area contributed by atoms with Gasteiger partial charge >= 0.3 is 0 Å². The molecule has 0 radical (unpaired) electrons. The van der Waals surface area contributed by atoms with Crippen molar-refractivity contribution in [1.82, 2.24) is 15.1 Å². The summed E-state index contributed by atoms with van der Waals surface area (Å²) in [5.41, 5.74) is 2.05. The number of nitrogens with one attached hydrogen (secondary N) is 1. The van der Waals surface area contributed by atoms with E-state index >= 15 is 0 Å². The molecule has 3 rings (SSSR count). The van der Waals surface area contributed by atoms with Gasteiger partial charge in [0.1, 0.15) is 0 Å². The number of hydrogen-bond acceptors (Lipinski definition) is 2. The lowest BCUT2D eigenvalue weighted by molar-refractivity contribution is -0.121. The van der Waals surface area contributed by atoms with Crippen molar-refractivity contribution in [1.29, 1.82) is 0 Å². The highest BCUT2D eigenvalue weighted by atomic mass is 35.5. The van der Waals surface area contributed by atoms with E-state index in [0.717, 1.165) is 24.9 Å². The molecule has 20 heavy (non-hydrogen) atoms. The zero-order valence-corrected chi connectivity index (χ0v) is 11.8. The van der Waals surface area contributed by atoms with Crippen LogP contribution in [0, 0.1) is 0 Å². The molecule has 1 aromatic heterocycles. The van der Waals surface area contributed by atoms with Crippen molar-refractivity contribution < 1.29 is 4.79 Å². The molecule has 0 aliphatic carbocycles. The van der Waals surface area contributed by atoms with Crippen molar-refractivity contribution in [3.8, 4) is 0 Å². The number of fused-ring (bicyclic) bond motifs is 1. The Morgan fingerprint density at radius 3 is 3.10 bits per heavy atom.